The average molecular weight is 404 g/mol. The fraction of sp³-hybridized carbons (Fsp3) is 0.250. The van der Waals surface area contributed by atoms with Crippen molar-refractivity contribution in [3.8, 4) is 0 Å². The summed E-state index contributed by atoms with van der Waals surface area (Å²) in [5.41, 5.74) is 3.28. The first kappa shape index (κ1) is 15.7. The van der Waals surface area contributed by atoms with Gasteiger partial charge in [-0.25, -0.2) is 4.39 Å². The normalized spacial score (nSPS) is 12.4. The predicted octanol–water partition coefficient (Wildman–Crippen LogP) is 4.90. The van der Waals surface area contributed by atoms with Crippen molar-refractivity contribution < 1.29 is 4.39 Å². The van der Waals surface area contributed by atoms with Gasteiger partial charge in [0.2, 0.25) is 0 Å². The molecule has 1 nitrogen and oxygen atoms in total. The quantitative estimate of drug-likeness (QED) is 0.716. The van der Waals surface area contributed by atoms with Gasteiger partial charge in [-0.15, -0.1) is 0 Å². The van der Waals surface area contributed by atoms with E-state index in [-0.39, 0.29) is 11.9 Å². The Morgan fingerprint density at radius 3 is 2.75 bits per heavy atom. The molecule has 1 unspecified atom stereocenters. The van der Waals surface area contributed by atoms with Crippen molar-refractivity contribution in [2.24, 2.45) is 0 Å². The third-order valence-corrected chi connectivity index (χ3v) is 5.22. The molecule has 0 radical (unpaired) electrons. The summed E-state index contributed by atoms with van der Waals surface area (Å²) in [6.07, 6.45) is 0.659. The predicted molar refractivity (Wildman–Crippen MR) is 90.8 cm³/mol. The Morgan fingerprint density at radius 1 is 1.30 bits per heavy atom. The van der Waals surface area contributed by atoms with E-state index in [1.54, 1.807) is 6.07 Å². The molecule has 0 bridgehead atoms. The molecule has 4 heteroatoms. The number of hydrogen-bond acceptors (Lipinski definition) is 1. The molecule has 0 amide bonds. The van der Waals surface area contributed by atoms with E-state index < -0.39 is 0 Å². The second-order valence-electron chi connectivity index (χ2n) is 4.76. The third-order valence-electron chi connectivity index (χ3n) is 3.38. The summed E-state index contributed by atoms with van der Waals surface area (Å²) in [6, 6.07) is 10.9. The van der Waals surface area contributed by atoms with Crippen LogP contribution in [0.15, 0.2) is 36.4 Å². The first-order valence-electron chi connectivity index (χ1n) is 6.39. The summed E-state index contributed by atoms with van der Waals surface area (Å²) >= 11 is 8.51. The van der Waals surface area contributed by atoms with Crippen LogP contribution in [0.2, 0.25) is 5.02 Å². The molecule has 1 N–H and O–H groups in total. The molecule has 1 atom stereocenters. The van der Waals surface area contributed by atoms with Gasteiger partial charge in [0.25, 0.3) is 0 Å². The average Bonchev–Trinajstić information content (AvgIpc) is 2.43. The Kier molecular flexibility index (Phi) is 5.41. The molecular weight excluding hydrogens is 388 g/mol. The Hall–Kier alpha value is -0.650. The molecule has 0 saturated heterocycles. The summed E-state index contributed by atoms with van der Waals surface area (Å²) in [4.78, 5) is 0. The topological polar surface area (TPSA) is 12.0 Å². The van der Waals surface area contributed by atoms with Crippen LogP contribution in [0.5, 0.6) is 0 Å². The van der Waals surface area contributed by atoms with E-state index in [1.165, 1.54) is 26.8 Å². The molecule has 106 valence electrons. The molecule has 0 saturated carbocycles. The van der Waals surface area contributed by atoms with Crippen molar-refractivity contribution >= 4 is 34.2 Å². The Morgan fingerprint density at radius 2 is 2.05 bits per heavy atom. The molecule has 20 heavy (non-hydrogen) atoms. The first-order chi connectivity index (χ1) is 9.52. The fourth-order valence-electron chi connectivity index (χ4n) is 2.23. The van der Waals surface area contributed by atoms with Gasteiger partial charge >= 0.3 is 0 Å². The highest BCUT2D eigenvalue weighted by Gasteiger charge is 2.16. The highest BCUT2D eigenvalue weighted by atomic mass is 127. The van der Waals surface area contributed by atoms with Crippen LogP contribution in [0.4, 0.5) is 4.39 Å². The van der Waals surface area contributed by atoms with Gasteiger partial charge in [-0.3, -0.25) is 0 Å². The van der Waals surface area contributed by atoms with Crippen LogP contribution in [0.25, 0.3) is 0 Å². The molecular formula is C16H16ClFIN. The molecule has 0 fully saturated rings. The van der Waals surface area contributed by atoms with E-state index >= 15 is 0 Å². The minimum absolute atomic E-state index is 0.112. The van der Waals surface area contributed by atoms with Crippen molar-refractivity contribution in [2.75, 3.05) is 7.05 Å². The van der Waals surface area contributed by atoms with Crippen LogP contribution < -0.4 is 5.32 Å². The molecule has 0 heterocycles. The second-order valence-corrected chi connectivity index (χ2v) is 6.25. The maximum atomic E-state index is 13.4. The van der Waals surface area contributed by atoms with Gasteiger partial charge in [0.1, 0.15) is 5.82 Å². The molecule has 2 aromatic carbocycles. The van der Waals surface area contributed by atoms with Gasteiger partial charge in [-0.2, -0.15) is 0 Å². The monoisotopic (exact) mass is 403 g/mol. The first-order valence-corrected chi connectivity index (χ1v) is 7.84. The van der Waals surface area contributed by atoms with Crippen LogP contribution in [-0.2, 0) is 6.42 Å². The summed E-state index contributed by atoms with van der Waals surface area (Å²) in [5, 5.41) is 3.90. The Bertz CT molecular complexity index is 615. The highest BCUT2D eigenvalue weighted by Crippen LogP contribution is 2.28. The van der Waals surface area contributed by atoms with E-state index in [1.807, 2.05) is 13.1 Å². The largest absolute Gasteiger partial charge is 0.313 e. The molecule has 0 aromatic heterocycles. The Labute approximate surface area is 137 Å². The van der Waals surface area contributed by atoms with Crippen molar-refractivity contribution in [1.29, 1.82) is 0 Å². The lowest BCUT2D eigenvalue weighted by Gasteiger charge is -2.20. The van der Waals surface area contributed by atoms with E-state index in [4.69, 9.17) is 11.6 Å². The number of nitrogens with one attached hydrogen (secondary N) is 1. The van der Waals surface area contributed by atoms with Crippen LogP contribution in [0.1, 0.15) is 22.7 Å². The summed E-state index contributed by atoms with van der Waals surface area (Å²) in [6.45, 7) is 2.09. The number of halogens is 3. The summed E-state index contributed by atoms with van der Waals surface area (Å²) < 4.78 is 14.6. The summed E-state index contributed by atoms with van der Waals surface area (Å²) in [7, 11) is 1.91. The maximum Gasteiger partial charge on any atom is 0.123 e. The Balaban J connectivity index is 2.34. The lowest BCUT2D eigenvalue weighted by Crippen LogP contribution is -2.20. The third kappa shape index (κ3) is 3.51. The van der Waals surface area contributed by atoms with Crippen molar-refractivity contribution in [3.05, 3.63) is 67.5 Å². The SMILES string of the molecule is CNC(Cc1cc(F)ccc1Cl)c1cccc(C)c1I. The van der Waals surface area contributed by atoms with Gasteiger partial charge in [-0.1, -0.05) is 29.8 Å². The fourth-order valence-corrected chi connectivity index (χ4v) is 3.16. The summed E-state index contributed by atoms with van der Waals surface area (Å²) in [5.74, 6) is -0.252. The molecule has 2 aromatic rings. The van der Waals surface area contributed by atoms with E-state index in [9.17, 15) is 4.39 Å². The van der Waals surface area contributed by atoms with Crippen molar-refractivity contribution in [3.63, 3.8) is 0 Å². The minimum Gasteiger partial charge on any atom is -0.313 e. The lowest BCUT2D eigenvalue weighted by atomic mass is 9.97. The van der Waals surface area contributed by atoms with Crippen LogP contribution in [0.3, 0.4) is 0 Å². The van der Waals surface area contributed by atoms with Gasteiger partial charge in [0.05, 0.1) is 0 Å². The molecule has 0 aliphatic carbocycles. The maximum absolute atomic E-state index is 13.4. The molecule has 0 aliphatic rings. The van der Waals surface area contributed by atoms with Crippen LogP contribution in [-0.4, -0.2) is 7.05 Å². The molecule has 0 aliphatic heterocycles. The second kappa shape index (κ2) is 6.87. The zero-order chi connectivity index (χ0) is 14.7. The molecule has 0 spiro atoms. The standard InChI is InChI=1S/C16H16ClFIN/c1-10-4-3-5-13(16(10)19)15(20-2)9-11-8-12(18)6-7-14(11)17/h3-8,15,20H,9H2,1-2H3. The molecule has 2 rings (SSSR count). The number of aryl methyl sites for hydroxylation is 1. The van der Waals surface area contributed by atoms with Crippen molar-refractivity contribution in [1.82, 2.24) is 5.32 Å². The smallest absolute Gasteiger partial charge is 0.123 e. The zero-order valence-electron chi connectivity index (χ0n) is 11.4. The van der Waals surface area contributed by atoms with Crippen molar-refractivity contribution in [2.45, 2.75) is 19.4 Å². The number of rotatable bonds is 4. The van der Waals surface area contributed by atoms with Gasteiger partial charge in [0, 0.05) is 14.6 Å². The highest BCUT2D eigenvalue weighted by molar-refractivity contribution is 14.1. The van der Waals surface area contributed by atoms with Gasteiger partial charge in [-0.05, 0) is 77.9 Å². The van der Waals surface area contributed by atoms with Gasteiger partial charge in [0.15, 0.2) is 0 Å². The van der Waals surface area contributed by atoms with Gasteiger partial charge < -0.3 is 5.32 Å². The zero-order valence-corrected chi connectivity index (χ0v) is 14.3. The van der Waals surface area contributed by atoms with E-state index in [0.717, 1.165) is 5.56 Å². The number of likely N-dealkylation sites (N-methyl/N-ethyl adjacent to an activating group) is 1. The van der Waals surface area contributed by atoms with Crippen LogP contribution in [0, 0.1) is 16.3 Å². The van der Waals surface area contributed by atoms with Crippen LogP contribution >= 0.6 is 34.2 Å². The number of hydrogen-bond donors (Lipinski definition) is 1. The van der Waals surface area contributed by atoms with E-state index in [2.05, 4.69) is 47.0 Å². The lowest BCUT2D eigenvalue weighted by molar-refractivity contribution is 0.581. The number of benzene rings is 2. The van der Waals surface area contributed by atoms with E-state index in [0.29, 0.717) is 11.4 Å². The minimum atomic E-state index is -0.252.